The molecule has 1 N–H and O–H groups in total. The molecule has 0 amide bonds. The monoisotopic (exact) mass is 322 g/mol. The molecule has 2 aliphatic rings. The summed E-state index contributed by atoms with van der Waals surface area (Å²) in [5.41, 5.74) is 2.21. The highest BCUT2D eigenvalue weighted by Crippen LogP contribution is 2.37. The molecule has 22 heavy (non-hydrogen) atoms. The van der Waals surface area contributed by atoms with Crippen LogP contribution in [0, 0.1) is 11.8 Å². The summed E-state index contributed by atoms with van der Waals surface area (Å²) in [5.74, 6) is 0.696. The van der Waals surface area contributed by atoms with Gasteiger partial charge in [-0.15, -0.1) is 0 Å². The van der Waals surface area contributed by atoms with Crippen molar-refractivity contribution in [3.63, 3.8) is 0 Å². The molecule has 0 saturated carbocycles. The van der Waals surface area contributed by atoms with Crippen molar-refractivity contribution in [3.8, 4) is 0 Å². The Morgan fingerprint density at radius 3 is 2.55 bits per heavy atom. The summed E-state index contributed by atoms with van der Waals surface area (Å²) in [6.45, 7) is 2.09. The number of nitrogens with one attached hydrogen (secondary N) is 1. The Bertz CT molecular complexity index is 691. The van der Waals surface area contributed by atoms with E-state index in [-0.39, 0.29) is 11.7 Å². The number of ketones is 1. The number of likely N-dealkylation sites (tertiary alicyclic amines) is 1. The lowest BCUT2D eigenvalue weighted by molar-refractivity contribution is 0.0840. The van der Waals surface area contributed by atoms with Gasteiger partial charge in [-0.3, -0.25) is 9.52 Å². The minimum absolute atomic E-state index is 0.0668. The van der Waals surface area contributed by atoms with Crippen LogP contribution in [-0.2, 0) is 16.4 Å². The maximum absolute atomic E-state index is 12.7. The Morgan fingerprint density at radius 2 is 1.91 bits per heavy atom. The van der Waals surface area contributed by atoms with E-state index < -0.39 is 10.0 Å². The number of fused-ring (bicyclic) bond motifs is 1. The summed E-state index contributed by atoms with van der Waals surface area (Å²) in [6.07, 6.45) is 4.04. The van der Waals surface area contributed by atoms with Gasteiger partial charge in [0.1, 0.15) is 0 Å². The maximum atomic E-state index is 12.7. The van der Waals surface area contributed by atoms with E-state index in [2.05, 4.69) is 16.7 Å². The summed E-state index contributed by atoms with van der Waals surface area (Å²) in [5, 5.41) is 0. The molecule has 1 aliphatic carbocycles. The summed E-state index contributed by atoms with van der Waals surface area (Å²) < 4.78 is 25.1. The molecular weight excluding hydrogens is 300 g/mol. The van der Waals surface area contributed by atoms with Gasteiger partial charge >= 0.3 is 0 Å². The number of hydrogen-bond donors (Lipinski definition) is 1. The second-order valence-electron chi connectivity index (χ2n) is 6.56. The molecule has 0 aromatic heterocycles. The third-order valence-corrected chi connectivity index (χ3v) is 5.39. The van der Waals surface area contributed by atoms with Gasteiger partial charge < -0.3 is 4.90 Å². The van der Waals surface area contributed by atoms with Crippen molar-refractivity contribution in [1.29, 1.82) is 0 Å². The molecule has 5 nitrogen and oxygen atoms in total. The van der Waals surface area contributed by atoms with Gasteiger partial charge in [-0.1, -0.05) is 6.07 Å². The van der Waals surface area contributed by atoms with Gasteiger partial charge in [-0.25, -0.2) is 8.42 Å². The van der Waals surface area contributed by atoms with E-state index in [1.54, 1.807) is 12.1 Å². The van der Waals surface area contributed by atoms with Gasteiger partial charge in [-0.2, -0.15) is 0 Å². The number of rotatable bonds is 3. The van der Waals surface area contributed by atoms with Crippen molar-refractivity contribution in [2.45, 2.75) is 19.3 Å². The zero-order valence-corrected chi connectivity index (χ0v) is 13.8. The summed E-state index contributed by atoms with van der Waals surface area (Å²) >= 11 is 0. The van der Waals surface area contributed by atoms with Crippen molar-refractivity contribution in [1.82, 2.24) is 4.90 Å². The average Bonchev–Trinajstić information content (AvgIpc) is 2.75. The van der Waals surface area contributed by atoms with Gasteiger partial charge in [0, 0.05) is 17.2 Å². The molecular formula is C16H22N2O3S. The number of nitrogens with zero attached hydrogens (tertiary/aromatic N) is 1. The van der Waals surface area contributed by atoms with Crippen LogP contribution >= 0.6 is 0 Å². The number of piperidine rings is 1. The van der Waals surface area contributed by atoms with E-state index in [1.807, 2.05) is 6.07 Å². The van der Waals surface area contributed by atoms with Crippen molar-refractivity contribution < 1.29 is 13.2 Å². The molecule has 3 rings (SSSR count). The van der Waals surface area contributed by atoms with E-state index in [0.29, 0.717) is 17.2 Å². The van der Waals surface area contributed by atoms with Crippen LogP contribution in [-0.4, -0.2) is 45.5 Å². The fourth-order valence-electron chi connectivity index (χ4n) is 3.60. The van der Waals surface area contributed by atoms with E-state index >= 15 is 0 Å². The van der Waals surface area contributed by atoms with Crippen LogP contribution in [0.2, 0.25) is 0 Å². The first kappa shape index (κ1) is 15.5. The maximum Gasteiger partial charge on any atom is 0.229 e. The lowest BCUT2D eigenvalue weighted by Crippen LogP contribution is -2.35. The lowest BCUT2D eigenvalue weighted by atomic mass is 9.82. The fourth-order valence-corrected chi connectivity index (χ4v) is 4.16. The Morgan fingerprint density at radius 1 is 1.23 bits per heavy atom. The largest absolute Gasteiger partial charge is 0.306 e. The van der Waals surface area contributed by atoms with Gasteiger partial charge in [0.25, 0.3) is 0 Å². The number of benzene rings is 1. The standard InChI is InChI=1S/C16H22N2O3S/c1-18-7-5-11(6-8-18)14-9-12-3-4-13(17-22(2,20)21)10-15(12)16(14)19/h3-4,10-11,14,17H,5-9H2,1-2H3. The van der Waals surface area contributed by atoms with Crippen LogP contribution in [0.25, 0.3) is 0 Å². The number of hydrogen-bond acceptors (Lipinski definition) is 4. The van der Waals surface area contributed by atoms with Crippen LogP contribution in [0.1, 0.15) is 28.8 Å². The molecule has 1 atom stereocenters. The van der Waals surface area contributed by atoms with Crippen LogP contribution in [0.3, 0.4) is 0 Å². The minimum atomic E-state index is -3.32. The van der Waals surface area contributed by atoms with Crippen LogP contribution in [0.15, 0.2) is 18.2 Å². The highest BCUT2D eigenvalue weighted by Gasteiger charge is 2.37. The van der Waals surface area contributed by atoms with E-state index in [9.17, 15) is 13.2 Å². The summed E-state index contributed by atoms with van der Waals surface area (Å²) in [7, 11) is -1.20. The smallest absolute Gasteiger partial charge is 0.229 e. The van der Waals surface area contributed by atoms with Crippen LogP contribution < -0.4 is 4.72 Å². The number of sulfonamides is 1. The third-order valence-electron chi connectivity index (χ3n) is 4.79. The number of carbonyl (C=O) groups is 1. The Hall–Kier alpha value is -1.40. The van der Waals surface area contributed by atoms with Crippen molar-refractivity contribution in [2.24, 2.45) is 11.8 Å². The fraction of sp³-hybridized carbons (Fsp3) is 0.562. The average molecular weight is 322 g/mol. The molecule has 1 heterocycles. The first-order chi connectivity index (χ1) is 10.3. The van der Waals surface area contributed by atoms with Crippen molar-refractivity contribution in [3.05, 3.63) is 29.3 Å². The quantitative estimate of drug-likeness (QED) is 0.921. The molecule has 1 saturated heterocycles. The minimum Gasteiger partial charge on any atom is -0.306 e. The van der Waals surface area contributed by atoms with E-state index in [1.165, 1.54) is 0 Å². The van der Waals surface area contributed by atoms with Gasteiger partial charge in [0.05, 0.1) is 6.26 Å². The predicted molar refractivity (Wildman–Crippen MR) is 86.7 cm³/mol. The SMILES string of the molecule is CN1CCC(C2Cc3ccc(NS(C)(=O)=O)cc3C2=O)CC1. The van der Waals surface area contributed by atoms with Crippen LogP contribution in [0.5, 0.6) is 0 Å². The second kappa shape index (κ2) is 5.66. The molecule has 0 bridgehead atoms. The molecule has 1 aromatic carbocycles. The van der Waals surface area contributed by atoms with Gasteiger partial charge in [0.15, 0.2) is 5.78 Å². The van der Waals surface area contributed by atoms with Gasteiger partial charge in [-0.05, 0) is 63.0 Å². The zero-order valence-electron chi connectivity index (χ0n) is 13.0. The molecule has 6 heteroatoms. The summed E-state index contributed by atoms with van der Waals surface area (Å²) in [4.78, 5) is 15.0. The molecule has 0 spiro atoms. The lowest BCUT2D eigenvalue weighted by Gasteiger charge is -2.31. The van der Waals surface area contributed by atoms with Crippen molar-refractivity contribution in [2.75, 3.05) is 31.1 Å². The second-order valence-corrected chi connectivity index (χ2v) is 8.31. The van der Waals surface area contributed by atoms with Gasteiger partial charge in [0.2, 0.25) is 10.0 Å². The molecule has 0 radical (unpaired) electrons. The Balaban J connectivity index is 1.79. The zero-order chi connectivity index (χ0) is 15.9. The summed E-state index contributed by atoms with van der Waals surface area (Å²) in [6, 6.07) is 5.31. The molecule has 1 fully saturated rings. The van der Waals surface area contributed by atoms with E-state index in [4.69, 9.17) is 0 Å². The number of anilines is 1. The topological polar surface area (TPSA) is 66.5 Å². The van der Waals surface area contributed by atoms with Crippen molar-refractivity contribution >= 4 is 21.5 Å². The van der Waals surface area contributed by atoms with E-state index in [0.717, 1.165) is 44.2 Å². The predicted octanol–water partition coefficient (Wildman–Crippen LogP) is 1.75. The highest BCUT2D eigenvalue weighted by molar-refractivity contribution is 7.92. The van der Waals surface area contributed by atoms with Crippen LogP contribution in [0.4, 0.5) is 5.69 Å². The molecule has 1 aliphatic heterocycles. The normalized spacial score (nSPS) is 23.5. The Labute approximate surface area is 131 Å². The first-order valence-electron chi connectivity index (χ1n) is 7.67. The first-order valence-corrected chi connectivity index (χ1v) is 9.56. The highest BCUT2D eigenvalue weighted by atomic mass is 32.2. The molecule has 120 valence electrons. The molecule has 1 aromatic rings. The molecule has 1 unspecified atom stereocenters. The third kappa shape index (κ3) is 3.17. The number of Topliss-reactive ketones (excluding diaryl/α,β-unsaturated/α-hetero) is 1. The Kier molecular flexibility index (Phi) is 3.99. The number of carbonyl (C=O) groups excluding carboxylic acids is 1.